The molecule has 0 aliphatic carbocycles. The molecule has 0 spiro atoms. The highest BCUT2D eigenvalue weighted by atomic mass is 16.5. The van der Waals surface area contributed by atoms with Crippen LogP contribution in [-0.2, 0) is 4.79 Å². The summed E-state index contributed by atoms with van der Waals surface area (Å²) in [4.78, 5) is 37.3. The Bertz CT molecular complexity index is 830. The number of hydrogen-bond acceptors (Lipinski definition) is 5. The Morgan fingerprint density at radius 1 is 1.00 bits per heavy atom. The van der Waals surface area contributed by atoms with Crippen molar-refractivity contribution in [1.29, 1.82) is 5.26 Å². The van der Waals surface area contributed by atoms with Gasteiger partial charge in [-0.15, -0.1) is 0 Å². The van der Waals surface area contributed by atoms with Gasteiger partial charge in [-0.1, -0.05) is 12.1 Å². The van der Waals surface area contributed by atoms with Crippen molar-refractivity contribution in [1.82, 2.24) is 4.90 Å². The molecule has 0 N–H and O–H groups in total. The number of benzene rings is 2. The van der Waals surface area contributed by atoms with Crippen molar-refractivity contribution in [2.24, 2.45) is 0 Å². The van der Waals surface area contributed by atoms with Crippen molar-refractivity contribution in [3.63, 3.8) is 0 Å². The molecule has 1 aliphatic rings. The normalized spacial score (nSPS) is 12.7. The minimum absolute atomic E-state index is 0.0402. The lowest BCUT2D eigenvalue weighted by Crippen LogP contribution is -2.32. The van der Waals surface area contributed by atoms with Crippen molar-refractivity contribution in [2.45, 2.75) is 6.42 Å². The van der Waals surface area contributed by atoms with E-state index in [0.717, 1.165) is 4.90 Å². The molecule has 2 aromatic rings. The zero-order chi connectivity index (χ0) is 17.1. The molecule has 0 atom stereocenters. The first-order chi connectivity index (χ1) is 11.6. The van der Waals surface area contributed by atoms with Crippen LogP contribution >= 0.6 is 0 Å². The average molecular weight is 320 g/mol. The number of fused-ring (bicyclic) bond motifs is 1. The molecule has 118 valence electrons. The Balaban J connectivity index is 1.60. The molecule has 2 aromatic carbocycles. The highest BCUT2D eigenvalue weighted by molar-refractivity contribution is 6.21. The van der Waals surface area contributed by atoms with Gasteiger partial charge in [-0.3, -0.25) is 19.3 Å². The van der Waals surface area contributed by atoms with Crippen LogP contribution in [0.25, 0.3) is 0 Å². The number of amides is 2. The molecular formula is C18H12N2O4. The number of nitrogens with zero attached hydrogens (tertiary/aromatic N) is 2. The van der Waals surface area contributed by atoms with Crippen LogP contribution in [0.3, 0.4) is 0 Å². The molecule has 0 saturated carbocycles. The van der Waals surface area contributed by atoms with Gasteiger partial charge in [0.25, 0.3) is 11.8 Å². The zero-order valence-corrected chi connectivity index (χ0v) is 12.6. The molecule has 24 heavy (non-hydrogen) atoms. The molecule has 6 heteroatoms. The van der Waals surface area contributed by atoms with Gasteiger partial charge in [0.15, 0.2) is 0 Å². The van der Waals surface area contributed by atoms with Gasteiger partial charge in [-0.25, -0.2) is 0 Å². The quantitative estimate of drug-likeness (QED) is 0.489. The van der Waals surface area contributed by atoms with Crippen LogP contribution in [0.15, 0.2) is 48.5 Å². The highest BCUT2D eigenvalue weighted by Crippen LogP contribution is 2.22. The van der Waals surface area contributed by atoms with Crippen molar-refractivity contribution < 1.29 is 19.1 Å². The molecule has 0 bridgehead atoms. The first kappa shape index (κ1) is 15.4. The maximum atomic E-state index is 12.2. The van der Waals surface area contributed by atoms with Gasteiger partial charge in [-0.05, 0) is 36.4 Å². The SMILES string of the molecule is N#Cc1ccc(OC(=O)CCN2C(=O)c3ccccc3C2=O)cc1. The molecule has 0 radical (unpaired) electrons. The smallest absolute Gasteiger partial charge is 0.312 e. The van der Waals surface area contributed by atoms with Crippen LogP contribution < -0.4 is 4.74 Å². The number of rotatable bonds is 4. The minimum Gasteiger partial charge on any atom is -0.426 e. The van der Waals surface area contributed by atoms with E-state index in [2.05, 4.69) is 0 Å². The van der Waals surface area contributed by atoms with E-state index in [1.54, 1.807) is 24.3 Å². The Labute approximate surface area is 137 Å². The molecule has 1 aliphatic heterocycles. The van der Waals surface area contributed by atoms with Crippen LogP contribution in [0.2, 0.25) is 0 Å². The van der Waals surface area contributed by atoms with Gasteiger partial charge in [-0.2, -0.15) is 5.26 Å². The minimum atomic E-state index is -0.559. The van der Waals surface area contributed by atoms with Crippen LogP contribution in [0, 0.1) is 11.3 Å². The van der Waals surface area contributed by atoms with Gasteiger partial charge >= 0.3 is 5.97 Å². The van der Waals surface area contributed by atoms with E-state index in [1.807, 2.05) is 6.07 Å². The summed E-state index contributed by atoms with van der Waals surface area (Å²) in [5, 5.41) is 8.71. The number of carbonyl (C=O) groups is 3. The second kappa shape index (κ2) is 6.34. The topological polar surface area (TPSA) is 87.5 Å². The van der Waals surface area contributed by atoms with Gasteiger partial charge in [0, 0.05) is 6.54 Å². The van der Waals surface area contributed by atoms with Crippen LogP contribution in [-0.4, -0.2) is 29.2 Å². The van der Waals surface area contributed by atoms with Crippen molar-refractivity contribution >= 4 is 17.8 Å². The lowest BCUT2D eigenvalue weighted by Gasteiger charge is -2.13. The number of imide groups is 1. The predicted molar refractivity (Wildman–Crippen MR) is 83.2 cm³/mol. The summed E-state index contributed by atoms with van der Waals surface area (Å²) < 4.78 is 5.12. The van der Waals surface area contributed by atoms with Crippen molar-refractivity contribution in [3.8, 4) is 11.8 Å². The molecule has 0 aromatic heterocycles. The van der Waals surface area contributed by atoms with Crippen LogP contribution in [0.4, 0.5) is 0 Å². The van der Waals surface area contributed by atoms with E-state index in [1.165, 1.54) is 24.3 Å². The largest absolute Gasteiger partial charge is 0.426 e. The van der Waals surface area contributed by atoms with E-state index in [0.29, 0.717) is 22.4 Å². The number of nitriles is 1. The second-order valence-electron chi connectivity index (χ2n) is 5.17. The fourth-order valence-electron chi connectivity index (χ4n) is 2.43. The van der Waals surface area contributed by atoms with E-state index in [9.17, 15) is 14.4 Å². The fourth-order valence-corrected chi connectivity index (χ4v) is 2.43. The number of carbonyl (C=O) groups excluding carboxylic acids is 3. The maximum Gasteiger partial charge on any atom is 0.312 e. The first-order valence-corrected chi connectivity index (χ1v) is 7.26. The summed E-state index contributed by atoms with van der Waals surface area (Å²) in [5.74, 6) is -1.05. The van der Waals surface area contributed by atoms with Crippen molar-refractivity contribution in [3.05, 3.63) is 65.2 Å². The van der Waals surface area contributed by atoms with E-state index in [4.69, 9.17) is 10.00 Å². The van der Waals surface area contributed by atoms with Gasteiger partial charge < -0.3 is 4.74 Å². The maximum absolute atomic E-state index is 12.2. The molecule has 0 saturated heterocycles. The lowest BCUT2D eigenvalue weighted by molar-refractivity contribution is -0.134. The third-order valence-electron chi connectivity index (χ3n) is 3.63. The molecule has 3 rings (SSSR count). The molecule has 1 heterocycles. The molecular weight excluding hydrogens is 308 g/mol. The van der Waals surface area contributed by atoms with E-state index >= 15 is 0 Å². The number of hydrogen-bond donors (Lipinski definition) is 0. The summed E-state index contributed by atoms with van der Waals surface area (Å²) in [5.41, 5.74) is 1.16. The van der Waals surface area contributed by atoms with Crippen LogP contribution in [0.1, 0.15) is 32.7 Å². The highest BCUT2D eigenvalue weighted by Gasteiger charge is 2.35. The Morgan fingerprint density at radius 3 is 2.12 bits per heavy atom. The Morgan fingerprint density at radius 2 is 1.58 bits per heavy atom. The van der Waals surface area contributed by atoms with Gasteiger partial charge in [0.05, 0.1) is 29.2 Å². The Hall–Kier alpha value is -3.46. The first-order valence-electron chi connectivity index (χ1n) is 7.26. The molecule has 0 unspecified atom stereocenters. The summed E-state index contributed by atoms with van der Waals surface area (Å²) in [6.45, 7) is -0.0402. The standard InChI is InChI=1S/C18H12N2O4/c19-11-12-5-7-13(8-6-12)24-16(21)9-10-20-17(22)14-3-1-2-4-15(14)18(20)23/h1-8H,9-10H2. The summed E-state index contributed by atoms with van der Waals surface area (Å²) >= 11 is 0. The average Bonchev–Trinajstić information content (AvgIpc) is 2.85. The zero-order valence-electron chi connectivity index (χ0n) is 12.6. The van der Waals surface area contributed by atoms with Crippen LogP contribution in [0.5, 0.6) is 5.75 Å². The number of esters is 1. The second-order valence-corrected chi connectivity index (χ2v) is 5.17. The van der Waals surface area contributed by atoms with Crippen molar-refractivity contribution in [2.75, 3.05) is 6.54 Å². The molecule has 2 amide bonds. The summed E-state index contributed by atoms with van der Waals surface area (Å²) in [6.07, 6.45) is -0.106. The van der Waals surface area contributed by atoms with Gasteiger partial charge in [0.1, 0.15) is 5.75 Å². The molecule has 0 fully saturated rings. The summed E-state index contributed by atoms with van der Waals surface area (Å²) in [6, 6.07) is 14.6. The fraction of sp³-hybridized carbons (Fsp3) is 0.111. The summed E-state index contributed by atoms with van der Waals surface area (Å²) in [7, 11) is 0. The van der Waals surface area contributed by atoms with Gasteiger partial charge in [0.2, 0.25) is 0 Å². The monoisotopic (exact) mass is 320 g/mol. The Kier molecular flexibility index (Phi) is 4.08. The van der Waals surface area contributed by atoms with E-state index in [-0.39, 0.29) is 13.0 Å². The third-order valence-corrected chi connectivity index (χ3v) is 3.63. The van der Waals surface area contributed by atoms with E-state index < -0.39 is 17.8 Å². The predicted octanol–water partition coefficient (Wildman–Crippen LogP) is 2.15. The lowest BCUT2D eigenvalue weighted by atomic mass is 10.1. The third kappa shape index (κ3) is 2.88. The molecule has 6 nitrogen and oxygen atoms in total. The number of ether oxygens (including phenoxy) is 1.